The number of carbonyl (C=O) groups excluding carboxylic acids is 2. The second-order valence-electron chi connectivity index (χ2n) is 10.6. The summed E-state index contributed by atoms with van der Waals surface area (Å²) >= 11 is 0. The number of aryl methyl sites for hydroxylation is 1. The number of nitrogens with one attached hydrogen (secondary N) is 1. The summed E-state index contributed by atoms with van der Waals surface area (Å²) in [5, 5.41) is 3.15. The van der Waals surface area contributed by atoms with Crippen molar-refractivity contribution in [2.45, 2.75) is 75.8 Å². The van der Waals surface area contributed by atoms with Crippen LogP contribution in [0.15, 0.2) is 89.8 Å². The first-order chi connectivity index (χ1) is 19.8. The van der Waals surface area contributed by atoms with Gasteiger partial charge in [-0.3, -0.25) is 13.9 Å². The number of sulfonamides is 1. The highest BCUT2D eigenvalue weighted by Crippen LogP contribution is 2.28. The van der Waals surface area contributed by atoms with Crippen LogP contribution in [0, 0.1) is 0 Å². The third kappa shape index (κ3) is 7.76. The van der Waals surface area contributed by atoms with Gasteiger partial charge in [0.1, 0.15) is 12.6 Å². The fraction of sp³-hybridized carbons (Fsp3) is 0.394. The molecule has 1 aliphatic carbocycles. The summed E-state index contributed by atoms with van der Waals surface area (Å²) in [6.07, 6.45) is 6.36. The lowest BCUT2D eigenvalue weighted by Crippen LogP contribution is -2.53. The molecule has 1 fully saturated rings. The van der Waals surface area contributed by atoms with Gasteiger partial charge in [0.15, 0.2) is 0 Å². The highest BCUT2D eigenvalue weighted by Gasteiger charge is 2.33. The number of nitrogens with zero attached hydrogens (tertiary/aromatic N) is 2. The average Bonchev–Trinajstić information content (AvgIpc) is 3.01. The summed E-state index contributed by atoms with van der Waals surface area (Å²) < 4.78 is 29.2. The van der Waals surface area contributed by atoms with E-state index in [0.29, 0.717) is 18.5 Å². The molecule has 0 spiro atoms. The average molecular weight is 576 g/mol. The normalized spacial score (nSPS) is 14.7. The number of anilines is 1. The molecule has 3 aromatic rings. The van der Waals surface area contributed by atoms with Crippen molar-refractivity contribution in [2.24, 2.45) is 0 Å². The van der Waals surface area contributed by atoms with Crippen LogP contribution in [0.5, 0.6) is 0 Å². The fourth-order valence-corrected chi connectivity index (χ4v) is 6.90. The lowest BCUT2D eigenvalue weighted by Gasteiger charge is -2.33. The van der Waals surface area contributed by atoms with Crippen LogP contribution >= 0.6 is 0 Å². The predicted octanol–water partition coefficient (Wildman–Crippen LogP) is 5.35. The van der Waals surface area contributed by atoms with Crippen LogP contribution in [0.4, 0.5) is 5.69 Å². The first-order valence-corrected chi connectivity index (χ1v) is 16.0. The van der Waals surface area contributed by atoms with Crippen LogP contribution in [0.2, 0.25) is 0 Å². The van der Waals surface area contributed by atoms with Crippen molar-refractivity contribution >= 4 is 27.5 Å². The highest BCUT2D eigenvalue weighted by molar-refractivity contribution is 7.92. The number of carbonyl (C=O) groups is 2. The van der Waals surface area contributed by atoms with Crippen molar-refractivity contribution in [1.82, 2.24) is 10.2 Å². The molecule has 0 bridgehead atoms. The third-order valence-electron chi connectivity index (χ3n) is 7.85. The van der Waals surface area contributed by atoms with Crippen LogP contribution in [0.1, 0.15) is 57.1 Å². The molecule has 4 rings (SSSR count). The van der Waals surface area contributed by atoms with E-state index in [-0.39, 0.29) is 23.4 Å². The van der Waals surface area contributed by atoms with Crippen molar-refractivity contribution in [3.63, 3.8) is 0 Å². The second-order valence-corrected chi connectivity index (χ2v) is 12.5. The maximum atomic E-state index is 14.1. The zero-order valence-corrected chi connectivity index (χ0v) is 24.9. The molecule has 218 valence electrons. The molecule has 0 heterocycles. The van der Waals surface area contributed by atoms with Crippen molar-refractivity contribution in [3.05, 3.63) is 96.1 Å². The Morgan fingerprint density at radius 3 is 2.15 bits per heavy atom. The Morgan fingerprint density at radius 2 is 1.49 bits per heavy atom. The molecule has 1 saturated carbocycles. The van der Waals surface area contributed by atoms with Crippen molar-refractivity contribution in [1.29, 1.82) is 0 Å². The molecular weight excluding hydrogens is 534 g/mol. The summed E-state index contributed by atoms with van der Waals surface area (Å²) in [4.78, 5) is 29.2. The van der Waals surface area contributed by atoms with Crippen LogP contribution in [0.3, 0.4) is 0 Å². The standard InChI is InChI=1S/C33H41N3O4S/c1-3-28-17-13-14-22-31(28)36(41(39,40)30-20-11-6-12-21-30)25-32(37)35(24-23-27-15-7-4-8-16-27)26(2)33(38)34-29-18-9-5-10-19-29/h4,6-8,11-17,20-22,26,29H,3,5,9-10,18-19,23-25H2,1-2H3,(H,34,38)/t26-/m1/s1. The first kappa shape index (κ1) is 30.3. The Morgan fingerprint density at radius 1 is 0.878 bits per heavy atom. The maximum absolute atomic E-state index is 14.1. The van der Waals surface area contributed by atoms with E-state index in [4.69, 9.17) is 0 Å². The van der Waals surface area contributed by atoms with Crippen LogP contribution < -0.4 is 9.62 Å². The molecule has 1 atom stereocenters. The van der Waals surface area contributed by atoms with E-state index >= 15 is 0 Å². The van der Waals surface area contributed by atoms with E-state index in [9.17, 15) is 18.0 Å². The maximum Gasteiger partial charge on any atom is 0.264 e. The molecule has 3 aromatic carbocycles. The van der Waals surface area contributed by atoms with Gasteiger partial charge in [0, 0.05) is 12.6 Å². The summed E-state index contributed by atoms with van der Waals surface area (Å²) in [5.41, 5.74) is 2.32. The van der Waals surface area contributed by atoms with Crippen molar-refractivity contribution in [3.8, 4) is 0 Å². The van der Waals surface area contributed by atoms with Crippen LogP contribution in [-0.2, 0) is 32.5 Å². The van der Waals surface area contributed by atoms with Gasteiger partial charge in [-0.15, -0.1) is 0 Å². The topological polar surface area (TPSA) is 86.8 Å². The highest BCUT2D eigenvalue weighted by atomic mass is 32.2. The minimum atomic E-state index is -4.07. The molecule has 1 aliphatic rings. The molecule has 1 N–H and O–H groups in total. The minimum absolute atomic E-state index is 0.108. The van der Waals surface area contributed by atoms with Gasteiger partial charge in [-0.1, -0.05) is 92.9 Å². The molecule has 41 heavy (non-hydrogen) atoms. The van der Waals surface area contributed by atoms with Gasteiger partial charge < -0.3 is 10.2 Å². The molecule has 0 unspecified atom stereocenters. The van der Waals surface area contributed by atoms with Gasteiger partial charge in [-0.05, 0) is 61.9 Å². The molecule has 0 aliphatic heterocycles. The zero-order chi connectivity index (χ0) is 29.2. The smallest absolute Gasteiger partial charge is 0.264 e. The Labute approximate surface area is 244 Å². The van der Waals surface area contributed by atoms with Gasteiger partial charge in [-0.25, -0.2) is 8.42 Å². The number of amides is 2. The molecule has 8 heteroatoms. The molecule has 0 aromatic heterocycles. The van der Waals surface area contributed by atoms with Crippen molar-refractivity contribution < 1.29 is 18.0 Å². The minimum Gasteiger partial charge on any atom is -0.352 e. The van der Waals surface area contributed by atoms with E-state index in [1.807, 2.05) is 49.4 Å². The molecule has 7 nitrogen and oxygen atoms in total. The zero-order valence-electron chi connectivity index (χ0n) is 24.0. The lowest BCUT2D eigenvalue weighted by atomic mass is 9.95. The molecular formula is C33H41N3O4S. The number of hydrogen-bond donors (Lipinski definition) is 1. The number of para-hydroxylation sites is 1. The van der Waals surface area contributed by atoms with Gasteiger partial charge in [0.25, 0.3) is 10.0 Å². The second kappa shape index (κ2) is 14.3. The SMILES string of the molecule is CCc1ccccc1N(CC(=O)N(CCc1ccccc1)[C@H](C)C(=O)NC1CCCCC1)S(=O)(=O)c1ccccc1. The summed E-state index contributed by atoms with van der Waals surface area (Å²) in [6.45, 7) is 3.57. The fourth-order valence-electron chi connectivity index (χ4n) is 5.42. The van der Waals surface area contributed by atoms with E-state index in [1.54, 1.807) is 37.3 Å². The largest absolute Gasteiger partial charge is 0.352 e. The molecule has 0 saturated heterocycles. The van der Waals surface area contributed by atoms with Gasteiger partial charge in [-0.2, -0.15) is 0 Å². The molecule has 0 radical (unpaired) electrons. The Balaban J connectivity index is 1.65. The van der Waals surface area contributed by atoms with Crippen molar-refractivity contribution in [2.75, 3.05) is 17.4 Å². The Hall–Kier alpha value is -3.65. The lowest BCUT2D eigenvalue weighted by molar-refractivity contribution is -0.139. The van der Waals surface area contributed by atoms with Gasteiger partial charge in [0.2, 0.25) is 11.8 Å². The van der Waals surface area contributed by atoms with Crippen LogP contribution in [-0.4, -0.2) is 50.3 Å². The van der Waals surface area contributed by atoms with Gasteiger partial charge in [0.05, 0.1) is 10.6 Å². The van der Waals surface area contributed by atoms with E-state index in [0.717, 1.165) is 36.8 Å². The van der Waals surface area contributed by atoms with Crippen LogP contribution in [0.25, 0.3) is 0 Å². The summed E-state index contributed by atoms with van der Waals surface area (Å²) in [6, 6.07) is 24.6. The number of rotatable bonds is 12. The first-order valence-electron chi connectivity index (χ1n) is 14.6. The Kier molecular flexibility index (Phi) is 10.6. The van der Waals surface area contributed by atoms with Gasteiger partial charge >= 0.3 is 0 Å². The molecule has 2 amide bonds. The summed E-state index contributed by atoms with van der Waals surface area (Å²) in [7, 11) is -4.07. The monoisotopic (exact) mass is 575 g/mol. The predicted molar refractivity (Wildman–Crippen MR) is 163 cm³/mol. The third-order valence-corrected chi connectivity index (χ3v) is 9.63. The quantitative estimate of drug-likeness (QED) is 0.315. The van der Waals surface area contributed by atoms with E-state index < -0.39 is 28.5 Å². The Bertz CT molecular complexity index is 1390. The van der Waals surface area contributed by atoms with E-state index in [1.165, 1.54) is 27.8 Å². The summed E-state index contributed by atoms with van der Waals surface area (Å²) in [5.74, 6) is -0.623. The number of benzene rings is 3. The number of hydrogen-bond acceptors (Lipinski definition) is 4. The van der Waals surface area contributed by atoms with E-state index in [2.05, 4.69) is 5.32 Å².